The van der Waals surface area contributed by atoms with Crippen molar-refractivity contribution in [2.45, 2.75) is 71.5 Å². The highest BCUT2D eigenvalue weighted by Gasteiger charge is 2.37. The molecule has 1 saturated heterocycles. The van der Waals surface area contributed by atoms with Crippen LogP contribution in [0.3, 0.4) is 0 Å². The highest BCUT2D eigenvalue weighted by atomic mass is 32.1. The van der Waals surface area contributed by atoms with Gasteiger partial charge in [-0.25, -0.2) is 15.0 Å². The summed E-state index contributed by atoms with van der Waals surface area (Å²) in [5, 5.41) is 11.2. The summed E-state index contributed by atoms with van der Waals surface area (Å²) in [4.78, 5) is 14.3. The second kappa shape index (κ2) is 6.66. The summed E-state index contributed by atoms with van der Waals surface area (Å²) >= 11 is 1.59. The zero-order valence-electron chi connectivity index (χ0n) is 16.4. The summed E-state index contributed by atoms with van der Waals surface area (Å²) in [6.07, 6.45) is 3.52. The van der Waals surface area contributed by atoms with Gasteiger partial charge in [-0.15, -0.1) is 11.3 Å². The zero-order chi connectivity index (χ0) is 19.1. The van der Waals surface area contributed by atoms with Crippen LogP contribution in [0, 0.1) is 13.8 Å². The maximum atomic E-state index is 6.34. The highest BCUT2D eigenvalue weighted by Crippen LogP contribution is 2.33. The van der Waals surface area contributed by atoms with Crippen LogP contribution in [0.25, 0.3) is 0 Å². The van der Waals surface area contributed by atoms with E-state index in [1.54, 1.807) is 11.3 Å². The number of aromatic nitrogens is 3. The number of nitrogen functional groups attached to an aromatic ring is 1. The number of nitrogens with two attached hydrogens (primary N) is 1. The molecular weight excluding hydrogens is 346 g/mol. The van der Waals surface area contributed by atoms with E-state index in [0.29, 0.717) is 17.3 Å². The molecule has 8 heteroatoms. The standard InChI is InChI=1S/C18H29N7S/c1-10-11(2)26-16(22-10)24-15-13(19)14(20-9-21-15)23-12-7-17(3,4)25-18(5,6)8-12/h9,12,25H,7-8,19H2,1-6H3,(H2,20,21,22,23,24). The largest absolute Gasteiger partial charge is 0.393 e. The van der Waals surface area contributed by atoms with Crippen LogP contribution in [-0.2, 0) is 0 Å². The minimum absolute atomic E-state index is 0.0538. The molecule has 0 amide bonds. The molecule has 5 N–H and O–H groups in total. The zero-order valence-corrected chi connectivity index (χ0v) is 17.2. The molecule has 0 aromatic carbocycles. The molecule has 142 valence electrons. The lowest BCUT2D eigenvalue weighted by molar-refractivity contribution is 0.170. The summed E-state index contributed by atoms with van der Waals surface area (Å²) in [5.41, 5.74) is 7.98. The molecule has 0 atom stereocenters. The van der Waals surface area contributed by atoms with E-state index in [9.17, 15) is 0 Å². The van der Waals surface area contributed by atoms with Crippen LogP contribution in [0.4, 0.5) is 22.5 Å². The van der Waals surface area contributed by atoms with Crippen LogP contribution in [-0.4, -0.2) is 32.1 Å². The van der Waals surface area contributed by atoms with Gasteiger partial charge in [0.2, 0.25) is 0 Å². The minimum atomic E-state index is 0.0538. The van der Waals surface area contributed by atoms with Crippen LogP contribution < -0.4 is 21.7 Å². The van der Waals surface area contributed by atoms with Crippen molar-refractivity contribution in [1.29, 1.82) is 0 Å². The van der Waals surface area contributed by atoms with Crippen molar-refractivity contribution in [3.8, 4) is 0 Å². The quantitative estimate of drug-likeness (QED) is 0.648. The first-order valence-electron chi connectivity index (χ1n) is 8.92. The van der Waals surface area contributed by atoms with Gasteiger partial charge in [0.25, 0.3) is 0 Å². The lowest BCUT2D eigenvalue weighted by Gasteiger charge is -2.46. The monoisotopic (exact) mass is 375 g/mol. The Kier molecular flexibility index (Phi) is 4.83. The van der Waals surface area contributed by atoms with E-state index < -0.39 is 0 Å². The number of piperidine rings is 1. The van der Waals surface area contributed by atoms with Crippen LogP contribution in [0.15, 0.2) is 6.33 Å². The number of aryl methyl sites for hydroxylation is 2. The van der Waals surface area contributed by atoms with Gasteiger partial charge in [-0.2, -0.15) is 0 Å². The molecule has 0 unspecified atom stereocenters. The molecule has 3 heterocycles. The van der Waals surface area contributed by atoms with E-state index in [4.69, 9.17) is 5.73 Å². The summed E-state index contributed by atoms with van der Waals surface area (Å²) in [5.74, 6) is 1.26. The Labute approximate surface area is 159 Å². The minimum Gasteiger partial charge on any atom is -0.393 e. The molecule has 0 saturated carbocycles. The van der Waals surface area contributed by atoms with Gasteiger partial charge in [-0.3, -0.25) is 0 Å². The SMILES string of the molecule is Cc1nc(Nc2ncnc(NC3CC(C)(C)NC(C)(C)C3)c2N)sc1C. The van der Waals surface area contributed by atoms with Gasteiger partial charge in [-0.1, -0.05) is 0 Å². The molecular formula is C18H29N7S. The van der Waals surface area contributed by atoms with Gasteiger partial charge in [0.1, 0.15) is 12.0 Å². The molecule has 26 heavy (non-hydrogen) atoms. The van der Waals surface area contributed by atoms with Gasteiger partial charge in [0, 0.05) is 22.0 Å². The second-order valence-electron chi connectivity index (χ2n) is 8.41. The predicted molar refractivity (Wildman–Crippen MR) is 109 cm³/mol. The number of nitrogens with one attached hydrogen (secondary N) is 3. The van der Waals surface area contributed by atoms with Crippen molar-refractivity contribution in [2.24, 2.45) is 0 Å². The molecule has 1 aliphatic rings. The third-order valence-electron chi connectivity index (χ3n) is 4.67. The van der Waals surface area contributed by atoms with Crippen molar-refractivity contribution < 1.29 is 0 Å². The van der Waals surface area contributed by atoms with Gasteiger partial charge in [0.05, 0.1) is 5.69 Å². The van der Waals surface area contributed by atoms with Gasteiger partial charge >= 0.3 is 0 Å². The Bertz CT molecular complexity index is 761. The highest BCUT2D eigenvalue weighted by molar-refractivity contribution is 7.15. The van der Waals surface area contributed by atoms with Crippen molar-refractivity contribution in [2.75, 3.05) is 16.4 Å². The summed E-state index contributed by atoms with van der Waals surface area (Å²) in [7, 11) is 0. The topological polar surface area (TPSA) is 101 Å². The Morgan fingerprint density at radius 3 is 2.31 bits per heavy atom. The molecule has 2 aromatic heterocycles. The van der Waals surface area contributed by atoms with Crippen molar-refractivity contribution >= 4 is 33.8 Å². The summed E-state index contributed by atoms with van der Waals surface area (Å²) < 4.78 is 0. The van der Waals surface area contributed by atoms with Crippen LogP contribution in [0.1, 0.15) is 51.1 Å². The fraction of sp³-hybridized carbons (Fsp3) is 0.611. The summed E-state index contributed by atoms with van der Waals surface area (Å²) in [6.45, 7) is 13.0. The van der Waals surface area contributed by atoms with E-state index >= 15 is 0 Å². The smallest absolute Gasteiger partial charge is 0.188 e. The fourth-order valence-corrected chi connectivity index (χ4v) is 4.67. The molecule has 0 radical (unpaired) electrons. The molecule has 2 aromatic rings. The second-order valence-corrected chi connectivity index (χ2v) is 9.62. The average Bonchev–Trinajstić information content (AvgIpc) is 2.78. The summed E-state index contributed by atoms with van der Waals surface area (Å²) in [6, 6.07) is 0.288. The van der Waals surface area contributed by atoms with Crippen molar-refractivity contribution in [3.05, 3.63) is 16.9 Å². The average molecular weight is 376 g/mol. The Morgan fingerprint density at radius 1 is 1.12 bits per heavy atom. The number of thiazole rings is 1. The van der Waals surface area contributed by atoms with Crippen molar-refractivity contribution in [3.63, 3.8) is 0 Å². The molecule has 0 aliphatic carbocycles. The molecule has 7 nitrogen and oxygen atoms in total. The molecule has 1 aliphatic heterocycles. The fourth-order valence-electron chi connectivity index (χ4n) is 3.86. The maximum absolute atomic E-state index is 6.34. The Balaban J connectivity index is 1.79. The van der Waals surface area contributed by atoms with E-state index in [1.165, 1.54) is 11.2 Å². The van der Waals surface area contributed by atoms with Gasteiger partial charge in [-0.05, 0) is 54.4 Å². The van der Waals surface area contributed by atoms with Crippen LogP contribution >= 0.6 is 11.3 Å². The Morgan fingerprint density at radius 2 is 1.73 bits per heavy atom. The third-order valence-corrected chi connectivity index (χ3v) is 5.66. The van der Waals surface area contributed by atoms with Gasteiger partial charge < -0.3 is 21.7 Å². The first kappa shape index (κ1) is 18.8. The normalized spacial score (nSPS) is 19.3. The molecule has 3 rings (SSSR count). The van der Waals surface area contributed by atoms with E-state index in [0.717, 1.165) is 23.7 Å². The van der Waals surface area contributed by atoms with Gasteiger partial charge in [0.15, 0.2) is 16.8 Å². The number of nitrogens with zero attached hydrogens (tertiary/aromatic N) is 3. The first-order valence-corrected chi connectivity index (χ1v) is 9.74. The third kappa shape index (κ3) is 4.24. The lowest BCUT2D eigenvalue weighted by atomic mass is 9.79. The maximum Gasteiger partial charge on any atom is 0.188 e. The lowest BCUT2D eigenvalue weighted by Crippen LogP contribution is -2.60. The number of hydrogen-bond acceptors (Lipinski definition) is 8. The first-order chi connectivity index (χ1) is 12.0. The van der Waals surface area contributed by atoms with Crippen molar-refractivity contribution in [1.82, 2.24) is 20.3 Å². The van der Waals surface area contributed by atoms with E-state index in [-0.39, 0.29) is 17.1 Å². The van der Waals surface area contributed by atoms with E-state index in [2.05, 4.69) is 65.5 Å². The van der Waals surface area contributed by atoms with E-state index in [1.807, 2.05) is 6.92 Å². The number of hydrogen-bond donors (Lipinski definition) is 4. The molecule has 0 bridgehead atoms. The van der Waals surface area contributed by atoms with Crippen LogP contribution in [0.5, 0.6) is 0 Å². The Hall–Kier alpha value is -1.93. The number of rotatable bonds is 4. The van der Waals surface area contributed by atoms with Crippen LogP contribution in [0.2, 0.25) is 0 Å². The molecule has 0 spiro atoms. The molecule has 1 fully saturated rings. The predicted octanol–water partition coefficient (Wildman–Crippen LogP) is 3.60. The number of anilines is 4.